The number of hydrogen-bond donors (Lipinski definition) is 2. The molecule has 1 aromatic rings. The van der Waals surface area contributed by atoms with Gasteiger partial charge in [0, 0.05) is 16.6 Å². The number of halogens is 1. The first-order chi connectivity index (χ1) is 8.03. The SMILES string of the molecule is O=C(NCC1(C(=O)O)CC1)c1cccc(Br)c1. The molecule has 0 unspecified atom stereocenters. The van der Waals surface area contributed by atoms with E-state index in [4.69, 9.17) is 5.11 Å². The highest BCUT2D eigenvalue weighted by Gasteiger charge is 2.50. The maximum Gasteiger partial charge on any atom is 0.311 e. The molecule has 1 saturated carbocycles. The van der Waals surface area contributed by atoms with Crippen molar-refractivity contribution in [2.45, 2.75) is 12.8 Å². The number of hydrogen-bond acceptors (Lipinski definition) is 2. The molecule has 4 nitrogen and oxygen atoms in total. The zero-order valence-corrected chi connectivity index (χ0v) is 10.7. The van der Waals surface area contributed by atoms with Crippen LogP contribution in [0.25, 0.3) is 0 Å². The summed E-state index contributed by atoms with van der Waals surface area (Å²) in [6.45, 7) is 0.202. The number of amides is 1. The van der Waals surface area contributed by atoms with Crippen molar-refractivity contribution in [2.75, 3.05) is 6.54 Å². The average Bonchev–Trinajstić information content (AvgIpc) is 3.07. The standard InChI is InChI=1S/C12H12BrNO3/c13-9-3-1-2-8(6-9)10(15)14-7-12(4-5-12)11(16)17/h1-3,6H,4-5,7H2,(H,14,15)(H,16,17). The lowest BCUT2D eigenvalue weighted by Crippen LogP contribution is -2.34. The lowest BCUT2D eigenvalue weighted by Gasteiger charge is -2.11. The molecule has 0 bridgehead atoms. The maximum absolute atomic E-state index is 11.8. The van der Waals surface area contributed by atoms with Crippen molar-refractivity contribution in [2.24, 2.45) is 5.41 Å². The molecule has 90 valence electrons. The van der Waals surface area contributed by atoms with E-state index in [2.05, 4.69) is 21.2 Å². The second kappa shape index (κ2) is 4.49. The van der Waals surface area contributed by atoms with Crippen LogP contribution in [0.5, 0.6) is 0 Å². The summed E-state index contributed by atoms with van der Waals surface area (Å²) >= 11 is 3.28. The lowest BCUT2D eigenvalue weighted by atomic mass is 10.1. The third-order valence-electron chi connectivity index (χ3n) is 2.98. The first kappa shape index (κ1) is 12.1. The first-order valence-electron chi connectivity index (χ1n) is 5.31. The fourth-order valence-electron chi connectivity index (χ4n) is 1.60. The molecule has 1 aromatic carbocycles. The van der Waals surface area contributed by atoms with Gasteiger partial charge in [0.2, 0.25) is 0 Å². The molecule has 0 saturated heterocycles. The number of carboxylic acids is 1. The largest absolute Gasteiger partial charge is 0.481 e. The lowest BCUT2D eigenvalue weighted by molar-refractivity contribution is -0.143. The second-order valence-corrected chi connectivity index (χ2v) is 5.19. The van der Waals surface area contributed by atoms with Crippen LogP contribution >= 0.6 is 15.9 Å². The van der Waals surface area contributed by atoms with Crippen molar-refractivity contribution >= 4 is 27.8 Å². The maximum atomic E-state index is 11.8. The number of carbonyl (C=O) groups excluding carboxylic acids is 1. The average molecular weight is 298 g/mol. The first-order valence-corrected chi connectivity index (χ1v) is 6.10. The number of nitrogens with one attached hydrogen (secondary N) is 1. The van der Waals surface area contributed by atoms with Gasteiger partial charge < -0.3 is 10.4 Å². The second-order valence-electron chi connectivity index (χ2n) is 4.28. The van der Waals surface area contributed by atoms with Gasteiger partial charge >= 0.3 is 5.97 Å². The number of carboxylic acid groups (broad SMARTS) is 1. The van der Waals surface area contributed by atoms with E-state index in [9.17, 15) is 9.59 Å². The molecule has 1 fully saturated rings. The number of carbonyl (C=O) groups is 2. The van der Waals surface area contributed by atoms with E-state index >= 15 is 0 Å². The van der Waals surface area contributed by atoms with Crippen LogP contribution in [0.1, 0.15) is 23.2 Å². The van der Waals surface area contributed by atoms with Crippen LogP contribution in [-0.2, 0) is 4.79 Å². The molecular formula is C12H12BrNO3. The fourth-order valence-corrected chi connectivity index (χ4v) is 2.00. The van der Waals surface area contributed by atoms with Gasteiger partial charge in [-0.25, -0.2) is 0 Å². The van der Waals surface area contributed by atoms with Crippen LogP contribution in [-0.4, -0.2) is 23.5 Å². The molecule has 1 amide bonds. The van der Waals surface area contributed by atoms with E-state index < -0.39 is 11.4 Å². The molecular weight excluding hydrogens is 286 g/mol. The highest BCUT2D eigenvalue weighted by atomic mass is 79.9. The number of rotatable bonds is 4. The van der Waals surface area contributed by atoms with E-state index in [0.29, 0.717) is 18.4 Å². The van der Waals surface area contributed by atoms with Crippen LogP contribution in [0, 0.1) is 5.41 Å². The molecule has 0 radical (unpaired) electrons. The van der Waals surface area contributed by atoms with Gasteiger partial charge in [0.1, 0.15) is 0 Å². The third kappa shape index (κ3) is 2.66. The quantitative estimate of drug-likeness (QED) is 0.894. The Hall–Kier alpha value is -1.36. The molecule has 5 heteroatoms. The molecule has 0 heterocycles. The molecule has 0 spiro atoms. The summed E-state index contributed by atoms with van der Waals surface area (Å²) in [5.41, 5.74) is -0.192. The Labute approximate surface area is 107 Å². The van der Waals surface area contributed by atoms with Gasteiger partial charge in [-0.05, 0) is 31.0 Å². The van der Waals surface area contributed by atoms with Gasteiger partial charge in [0.05, 0.1) is 5.41 Å². The van der Waals surface area contributed by atoms with Crippen LogP contribution in [0.15, 0.2) is 28.7 Å². The minimum atomic E-state index is -0.827. The van der Waals surface area contributed by atoms with Crippen LogP contribution < -0.4 is 5.32 Å². The number of benzene rings is 1. The van der Waals surface area contributed by atoms with E-state index in [1.54, 1.807) is 18.2 Å². The molecule has 2 rings (SSSR count). The zero-order valence-electron chi connectivity index (χ0n) is 9.07. The van der Waals surface area contributed by atoms with Crippen molar-refractivity contribution in [3.8, 4) is 0 Å². The summed E-state index contributed by atoms with van der Waals surface area (Å²) in [7, 11) is 0. The van der Waals surface area contributed by atoms with Crippen LogP contribution in [0.4, 0.5) is 0 Å². The van der Waals surface area contributed by atoms with E-state index in [-0.39, 0.29) is 12.5 Å². The summed E-state index contributed by atoms with van der Waals surface area (Å²) in [5, 5.41) is 11.6. The molecule has 17 heavy (non-hydrogen) atoms. The van der Waals surface area contributed by atoms with Gasteiger partial charge in [0.25, 0.3) is 5.91 Å². The predicted molar refractivity (Wildman–Crippen MR) is 65.8 cm³/mol. The van der Waals surface area contributed by atoms with E-state index in [1.165, 1.54) is 0 Å². The molecule has 0 aromatic heterocycles. The van der Waals surface area contributed by atoms with Gasteiger partial charge in [-0.1, -0.05) is 22.0 Å². The summed E-state index contributed by atoms with van der Waals surface area (Å²) in [5.74, 6) is -1.06. The minimum absolute atomic E-state index is 0.202. The summed E-state index contributed by atoms with van der Waals surface area (Å²) in [4.78, 5) is 22.7. The monoisotopic (exact) mass is 297 g/mol. The van der Waals surface area contributed by atoms with Crippen molar-refractivity contribution < 1.29 is 14.7 Å². The van der Waals surface area contributed by atoms with Gasteiger partial charge in [0.15, 0.2) is 0 Å². The summed E-state index contributed by atoms with van der Waals surface area (Å²) in [6, 6.07) is 7.00. The van der Waals surface area contributed by atoms with Gasteiger partial charge in [-0.2, -0.15) is 0 Å². The summed E-state index contributed by atoms with van der Waals surface area (Å²) in [6.07, 6.45) is 1.28. The van der Waals surface area contributed by atoms with Gasteiger partial charge in [-0.3, -0.25) is 9.59 Å². The molecule has 0 aliphatic heterocycles. The number of aliphatic carboxylic acids is 1. The minimum Gasteiger partial charge on any atom is -0.481 e. The molecule has 2 N–H and O–H groups in total. The van der Waals surface area contributed by atoms with Crippen LogP contribution in [0.2, 0.25) is 0 Å². The summed E-state index contributed by atoms with van der Waals surface area (Å²) < 4.78 is 0.824. The van der Waals surface area contributed by atoms with E-state index in [1.807, 2.05) is 6.07 Å². The van der Waals surface area contributed by atoms with Crippen molar-refractivity contribution in [3.05, 3.63) is 34.3 Å². The highest BCUT2D eigenvalue weighted by molar-refractivity contribution is 9.10. The Morgan fingerprint density at radius 1 is 1.41 bits per heavy atom. The Morgan fingerprint density at radius 2 is 2.12 bits per heavy atom. The van der Waals surface area contributed by atoms with E-state index in [0.717, 1.165) is 4.47 Å². The van der Waals surface area contributed by atoms with Crippen molar-refractivity contribution in [1.82, 2.24) is 5.32 Å². The van der Waals surface area contributed by atoms with Crippen molar-refractivity contribution in [3.63, 3.8) is 0 Å². The fraction of sp³-hybridized carbons (Fsp3) is 0.333. The predicted octanol–water partition coefficient (Wildman–Crippen LogP) is 2.04. The highest BCUT2D eigenvalue weighted by Crippen LogP contribution is 2.45. The Morgan fingerprint density at radius 3 is 2.65 bits per heavy atom. The third-order valence-corrected chi connectivity index (χ3v) is 3.47. The molecule has 1 aliphatic carbocycles. The Bertz CT molecular complexity index is 469. The molecule has 0 atom stereocenters. The topological polar surface area (TPSA) is 66.4 Å². The zero-order chi connectivity index (χ0) is 12.5. The normalized spacial score (nSPS) is 16.3. The Balaban J connectivity index is 1.96. The van der Waals surface area contributed by atoms with Gasteiger partial charge in [-0.15, -0.1) is 0 Å². The van der Waals surface area contributed by atoms with Crippen LogP contribution in [0.3, 0.4) is 0 Å². The Kier molecular flexibility index (Phi) is 3.19. The van der Waals surface area contributed by atoms with Crippen molar-refractivity contribution in [1.29, 1.82) is 0 Å². The molecule has 1 aliphatic rings. The smallest absolute Gasteiger partial charge is 0.311 e.